The lowest BCUT2D eigenvalue weighted by atomic mass is 10.1. The molecule has 1 aliphatic rings. The standard InChI is InChI=1S/C19H23N3O2/c1-13-5-6-15(10-14(13)2)22-16-7-8-18(20-11-16)19(23)21-12-17-4-3-9-24-17/h5-8,10-11,17,22H,3-4,9,12H2,1-2H3,(H,21,23). The second-order valence-corrected chi connectivity index (χ2v) is 6.20. The van der Waals surface area contributed by atoms with E-state index in [9.17, 15) is 4.79 Å². The monoisotopic (exact) mass is 325 g/mol. The van der Waals surface area contributed by atoms with Gasteiger partial charge < -0.3 is 15.4 Å². The number of carbonyl (C=O) groups excluding carboxylic acids is 1. The maximum atomic E-state index is 12.1. The Hall–Kier alpha value is -2.40. The third kappa shape index (κ3) is 4.11. The minimum absolute atomic E-state index is 0.139. The summed E-state index contributed by atoms with van der Waals surface area (Å²) in [5.74, 6) is -0.164. The minimum Gasteiger partial charge on any atom is -0.376 e. The van der Waals surface area contributed by atoms with E-state index in [0.717, 1.165) is 30.8 Å². The maximum Gasteiger partial charge on any atom is 0.269 e. The largest absolute Gasteiger partial charge is 0.376 e. The number of pyridine rings is 1. The molecular weight excluding hydrogens is 302 g/mol. The van der Waals surface area contributed by atoms with E-state index >= 15 is 0 Å². The number of hydrogen-bond acceptors (Lipinski definition) is 4. The quantitative estimate of drug-likeness (QED) is 0.885. The van der Waals surface area contributed by atoms with Gasteiger partial charge in [0.1, 0.15) is 5.69 Å². The molecule has 2 aromatic rings. The summed E-state index contributed by atoms with van der Waals surface area (Å²) in [5, 5.41) is 6.18. The van der Waals surface area contributed by atoms with E-state index in [1.807, 2.05) is 12.1 Å². The van der Waals surface area contributed by atoms with Crippen LogP contribution >= 0.6 is 0 Å². The summed E-state index contributed by atoms with van der Waals surface area (Å²) in [7, 11) is 0. The molecule has 0 radical (unpaired) electrons. The van der Waals surface area contributed by atoms with Crippen LogP contribution in [0.5, 0.6) is 0 Å². The van der Waals surface area contributed by atoms with Gasteiger partial charge in [0.05, 0.1) is 18.0 Å². The van der Waals surface area contributed by atoms with Crippen molar-refractivity contribution in [3.8, 4) is 0 Å². The summed E-state index contributed by atoms with van der Waals surface area (Å²) in [6.45, 7) is 5.51. The molecule has 1 aromatic carbocycles. The predicted octanol–water partition coefficient (Wildman–Crippen LogP) is 3.35. The van der Waals surface area contributed by atoms with Crippen LogP contribution in [0.25, 0.3) is 0 Å². The van der Waals surface area contributed by atoms with E-state index in [0.29, 0.717) is 12.2 Å². The van der Waals surface area contributed by atoms with Gasteiger partial charge in [0.2, 0.25) is 0 Å². The number of rotatable bonds is 5. The molecule has 5 heteroatoms. The third-order valence-corrected chi connectivity index (χ3v) is 4.31. The normalized spacial score (nSPS) is 16.8. The highest BCUT2D eigenvalue weighted by Gasteiger charge is 2.17. The summed E-state index contributed by atoms with van der Waals surface area (Å²) in [6, 6.07) is 9.80. The van der Waals surface area contributed by atoms with Gasteiger partial charge in [-0.25, -0.2) is 4.98 Å². The van der Waals surface area contributed by atoms with Crippen molar-refractivity contribution in [3.05, 3.63) is 53.3 Å². The molecule has 1 fully saturated rings. The molecule has 1 aromatic heterocycles. The number of aryl methyl sites for hydroxylation is 2. The summed E-state index contributed by atoms with van der Waals surface area (Å²) < 4.78 is 5.50. The Morgan fingerprint density at radius 1 is 1.21 bits per heavy atom. The number of carbonyl (C=O) groups is 1. The first-order valence-corrected chi connectivity index (χ1v) is 8.32. The Labute approximate surface area is 142 Å². The van der Waals surface area contributed by atoms with Crippen molar-refractivity contribution in [2.45, 2.75) is 32.8 Å². The molecule has 0 bridgehead atoms. The lowest BCUT2D eigenvalue weighted by Gasteiger charge is -2.11. The number of ether oxygens (including phenoxy) is 1. The highest BCUT2D eigenvalue weighted by Crippen LogP contribution is 2.19. The van der Waals surface area contributed by atoms with Gasteiger partial charge >= 0.3 is 0 Å². The number of benzene rings is 1. The molecule has 24 heavy (non-hydrogen) atoms. The van der Waals surface area contributed by atoms with Crippen LogP contribution in [0.1, 0.15) is 34.5 Å². The molecule has 0 aliphatic carbocycles. The van der Waals surface area contributed by atoms with E-state index in [-0.39, 0.29) is 12.0 Å². The van der Waals surface area contributed by atoms with Crippen molar-refractivity contribution < 1.29 is 9.53 Å². The number of amides is 1. The fraction of sp³-hybridized carbons (Fsp3) is 0.368. The van der Waals surface area contributed by atoms with Crippen molar-refractivity contribution in [1.29, 1.82) is 0 Å². The maximum absolute atomic E-state index is 12.1. The molecule has 1 amide bonds. The Bertz CT molecular complexity index is 707. The molecule has 2 heterocycles. The molecule has 1 atom stereocenters. The SMILES string of the molecule is Cc1ccc(Nc2ccc(C(=O)NCC3CCCO3)nc2)cc1C. The molecule has 1 saturated heterocycles. The van der Waals surface area contributed by atoms with Crippen LogP contribution in [0, 0.1) is 13.8 Å². The van der Waals surface area contributed by atoms with Crippen molar-refractivity contribution in [2.75, 3.05) is 18.5 Å². The van der Waals surface area contributed by atoms with Gasteiger partial charge in [-0.3, -0.25) is 4.79 Å². The lowest BCUT2D eigenvalue weighted by molar-refractivity contribution is 0.0854. The third-order valence-electron chi connectivity index (χ3n) is 4.31. The Morgan fingerprint density at radius 2 is 2.04 bits per heavy atom. The van der Waals surface area contributed by atoms with Crippen molar-refractivity contribution >= 4 is 17.3 Å². The van der Waals surface area contributed by atoms with Crippen LogP contribution in [0.15, 0.2) is 36.5 Å². The van der Waals surface area contributed by atoms with Crippen LogP contribution in [0.4, 0.5) is 11.4 Å². The number of anilines is 2. The Kier molecular flexibility index (Phi) is 5.11. The van der Waals surface area contributed by atoms with Crippen LogP contribution in [-0.4, -0.2) is 30.1 Å². The smallest absolute Gasteiger partial charge is 0.269 e. The molecule has 0 saturated carbocycles. The van der Waals surface area contributed by atoms with Gasteiger partial charge in [0.15, 0.2) is 0 Å². The first kappa shape index (κ1) is 16.5. The first-order valence-electron chi connectivity index (χ1n) is 8.32. The summed E-state index contributed by atoms with van der Waals surface area (Å²) in [6.07, 6.45) is 3.89. The Morgan fingerprint density at radius 3 is 2.71 bits per heavy atom. The molecule has 0 spiro atoms. The predicted molar refractivity (Wildman–Crippen MR) is 94.7 cm³/mol. The van der Waals surface area contributed by atoms with E-state index in [1.165, 1.54) is 11.1 Å². The van der Waals surface area contributed by atoms with Crippen molar-refractivity contribution in [3.63, 3.8) is 0 Å². The second-order valence-electron chi connectivity index (χ2n) is 6.20. The summed E-state index contributed by atoms with van der Waals surface area (Å²) >= 11 is 0. The second kappa shape index (κ2) is 7.45. The van der Waals surface area contributed by atoms with Crippen LogP contribution in [0.2, 0.25) is 0 Å². The molecule has 5 nitrogen and oxygen atoms in total. The zero-order chi connectivity index (χ0) is 16.9. The summed E-state index contributed by atoms with van der Waals surface area (Å²) in [4.78, 5) is 16.3. The average Bonchev–Trinajstić information content (AvgIpc) is 3.10. The van der Waals surface area contributed by atoms with Gasteiger partial charge in [-0.05, 0) is 62.1 Å². The Balaban J connectivity index is 1.57. The van der Waals surface area contributed by atoms with Crippen LogP contribution < -0.4 is 10.6 Å². The fourth-order valence-electron chi connectivity index (χ4n) is 2.69. The minimum atomic E-state index is -0.164. The first-order chi connectivity index (χ1) is 11.6. The summed E-state index contributed by atoms with van der Waals surface area (Å²) in [5.41, 5.74) is 4.78. The molecule has 126 valence electrons. The van der Waals surface area contributed by atoms with E-state index < -0.39 is 0 Å². The van der Waals surface area contributed by atoms with E-state index in [2.05, 4.69) is 41.6 Å². The number of hydrogen-bond donors (Lipinski definition) is 2. The van der Waals surface area contributed by atoms with E-state index in [4.69, 9.17) is 4.74 Å². The molecule has 1 unspecified atom stereocenters. The van der Waals surface area contributed by atoms with Gasteiger partial charge in [0.25, 0.3) is 5.91 Å². The van der Waals surface area contributed by atoms with Gasteiger partial charge in [-0.2, -0.15) is 0 Å². The van der Waals surface area contributed by atoms with Gasteiger partial charge in [0, 0.05) is 18.8 Å². The highest BCUT2D eigenvalue weighted by molar-refractivity contribution is 5.92. The van der Waals surface area contributed by atoms with E-state index in [1.54, 1.807) is 12.3 Å². The zero-order valence-corrected chi connectivity index (χ0v) is 14.1. The highest BCUT2D eigenvalue weighted by atomic mass is 16.5. The molecule has 3 rings (SSSR count). The van der Waals surface area contributed by atoms with Gasteiger partial charge in [-0.1, -0.05) is 6.07 Å². The molecule has 2 N–H and O–H groups in total. The topological polar surface area (TPSA) is 63.2 Å². The van der Waals surface area contributed by atoms with Crippen LogP contribution in [0.3, 0.4) is 0 Å². The average molecular weight is 325 g/mol. The zero-order valence-electron chi connectivity index (χ0n) is 14.1. The van der Waals surface area contributed by atoms with Gasteiger partial charge in [-0.15, -0.1) is 0 Å². The lowest BCUT2D eigenvalue weighted by Crippen LogP contribution is -2.32. The van der Waals surface area contributed by atoms with Crippen molar-refractivity contribution in [1.82, 2.24) is 10.3 Å². The number of aromatic nitrogens is 1. The molecule has 1 aliphatic heterocycles. The number of nitrogens with zero attached hydrogens (tertiary/aromatic N) is 1. The fourth-order valence-corrected chi connectivity index (χ4v) is 2.69. The van der Waals surface area contributed by atoms with Crippen molar-refractivity contribution in [2.24, 2.45) is 0 Å². The molecular formula is C19H23N3O2. The number of nitrogens with one attached hydrogen (secondary N) is 2. The van der Waals surface area contributed by atoms with Crippen LogP contribution in [-0.2, 0) is 4.74 Å².